The lowest BCUT2D eigenvalue weighted by atomic mass is 10.2. The summed E-state index contributed by atoms with van der Waals surface area (Å²) in [5, 5.41) is 6.60. The highest BCUT2D eigenvalue weighted by Crippen LogP contribution is 2.21. The first kappa shape index (κ1) is 15.5. The smallest absolute Gasteiger partial charge is 0.163 e. The Morgan fingerprint density at radius 3 is 2.65 bits per heavy atom. The normalized spacial score (nSPS) is 17.0. The van der Waals surface area contributed by atoms with E-state index >= 15 is 0 Å². The first-order valence-corrected chi connectivity index (χ1v) is 8.00. The highest BCUT2D eigenvalue weighted by atomic mass is 16.5. The van der Waals surface area contributed by atoms with Gasteiger partial charge in [0.15, 0.2) is 5.82 Å². The molecule has 3 rings (SSSR count). The number of nitrogens with one attached hydrogen (secondary N) is 2. The Morgan fingerprint density at radius 2 is 1.96 bits per heavy atom. The van der Waals surface area contributed by atoms with Crippen LogP contribution in [-0.4, -0.2) is 35.8 Å². The highest BCUT2D eigenvalue weighted by molar-refractivity contribution is 5.61. The Bertz CT molecular complexity index is 639. The summed E-state index contributed by atoms with van der Waals surface area (Å²) in [6, 6.07) is 11.9. The van der Waals surface area contributed by atoms with E-state index in [2.05, 4.69) is 27.2 Å². The second-order valence-corrected chi connectivity index (χ2v) is 5.51. The summed E-state index contributed by atoms with van der Waals surface area (Å²) >= 11 is 0. The van der Waals surface area contributed by atoms with Crippen molar-refractivity contribution in [3.05, 3.63) is 49.1 Å². The molecule has 1 atom stereocenters. The zero-order valence-electron chi connectivity index (χ0n) is 13.2. The molecule has 2 aromatic rings. The van der Waals surface area contributed by atoms with Gasteiger partial charge in [0.1, 0.15) is 11.6 Å². The lowest BCUT2D eigenvalue weighted by Gasteiger charge is -2.13. The number of nitrogens with zero attached hydrogens (tertiary/aromatic N) is 2. The predicted octanol–water partition coefficient (Wildman–Crippen LogP) is 3.33. The molecule has 0 bridgehead atoms. The minimum atomic E-state index is 0.273. The van der Waals surface area contributed by atoms with E-state index in [1.54, 1.807) is 0 Å². The molecule has 0 saturated carbocycles. The van der Waals surface area contributed by atoms with Gasteiger partial charge < -0.3 is 15.4 Å². The van der Waals surface area contributed by atoms with Crippen molar-refractivity contribution in [2.24, 2.45) is 0 Å². The van der Waals surface area contributed by atoms with Crippen molar-refractivity contribution in [1.82, 2.24) is 9.97 Å². The molecular weight excluding hydrogens is 288 g/mol. The van der Waals surface area contributed by atoms with E-state index in [0.717, 1.165) is 43.2 Å². The molecule has 2 heterocycles. The van der Waals surface area contributed by atoms with E-state index in [1.165, 1.54) is 0 Å². The van der Waals surface area contributed by atoms with Gasteiger partial charge in [0, 0.05) is 31.3 Å². The van der Waals surface area contributed by atoms with Crippen LogP contribution in [0.2, 0.25) is 0 Å². The average Bonchev–Trinajstić information content (AvgIpc) is 3.12. The number of hydrogen-bond acceptors (Lipinski definition) is 5. The fourth-order valence-electron chi connectivity index (χ4n) is 2.55. The maximum Gasteiger partial charge on any atom is 0.163 e. The number of anilines is 2. The molecule has 1 fully saturated rings. The van der Waals surface area contributed by atoms with Crippen LogP contribution in [0, 0.1) is 0 Å². The fraction of sp³-hybridized carbons (Fsp3) is 0.333. The quantitative estimate of drug-likeness (QED) is 0.768. The van der Waals surface area contributed by atoms with Crippen molar-refractivity contribution in [2.75, 3.05) is 30.3 Å². The average molecular weight is 310 g/mol. The van der Waals surface area contributed by atoms with Crippen molar-refractivity contribution in [2.45, 2.75) is 18.9 Å². The zero-order chi connectivity index (χ0) is 15.9. The van der Waals surface area contributed by atoms with Crippen LogP contribution in [-0.2, 0) is 4.74 Å². The molecule has 5 heteroatoms. The van der Waals surface area contributed by atoms with Crippen LogP contribution < -0.4 is 10.6 Å². The molecular formula is C18H22N4O. The fourth-order valence-corrected chi connectivity index (χ4v) is 2.55. The minimum Gasteiger partial charge on any atom is -0.376 e. The minimum absolute atomic E-state index is 0.273. The molecule has 1 aliphatic rings. The van der Waals surface area contributed by atoms with Gasteiger partial charge in [0.25, 0.3) is 0 Å². The van der Waals surface area contributed by atoms with Crippen LogP contribution in [0.1, 0.15) is 12.8 Å². The number of aromatic nitrogens is 2. The number of rotatable bonds is 7. The number of hydrogen-bond donors (Lipinski definition) is 2. The Morgan fingerprint density at radius 1 is 1.17 bits per heavy atom. The van der Waals surface area contributed by atoms with Gasteiger partial charge in [-0.3, -0.25) is 0 Å². The van der Waals surface area contributed by atoms with Gasteiger partial charge in [-0.25, -0.2) is 9.97 Å². The summed E-state index contributed by atoms with van der Waals surface area (Å²) in [6.45, 7) is 6.02. The summed E-state index contributed by atoms with van der Waals surface area (Å²) in [6.07, 6.45) is 4.32. The molecule has 0 spiro atoms. The third kappa shape index (κ3) is 4.29. The largest absolute Gasteiger partial charge is 0.376 e. The lowest BCUT2D eigenvalue weighted by molar-refractivity contribution is 0.120. The van der Waals surface area contributed by atoms with Gasteiger partial charge in [-0.05, 0) is 12.8 Å². The van der Waals surface area contributed by atoms with E-state index in [-0.39, 0.29) is 6.10 Å². The maximum atomic E-state index is 5.65. The van der Waals surface area contributed by atoms with Crippen molar-refractivity contribution in [1.29, 1.82) is 0 Å². The Labute approximate surface area is 136 Å². The maximum absolute atomic E-state index is 5.65. The molecule has 1 aliphatic heterocycles. The topological polar surface area (TPSA) is 59.1 Å². The van der Waals surface area contributed by atoms with Crippen LogP contribution >= 0.6 is 0 Å². The van der Waals surface area contributed by atoms with Gasteiger partial charge >= 0.3 is 0 Å². The molecule has 0 amide bonds. The van der Waals surface area contributed by atoms with Crippen LogP contribution in [0.3, 0.4) is 0 Å². The Balaban J connectivity index is 1.80. The standard InChI is InChI=1S/C18H22N4O/c1-2-10-19-16-12-17(20-13-15-9-6-11-23-15)22-18(21-16)14-7-4-3-5-8-14/h2-5,7-8,12,15H,1,6,9-11,13H2,(H2,19,20,21,22). The molecule has 1 aromatic heterocycles. The van der Waals surface area contributed by atoms with Crippen molar-refractivity contribution in [3.8, 4) is 11.4 Å². The third-order valence-electron chi connectivity index (χ3n) is 3.72. The van der Waals surface area contributed by atoms with E-state index in [1.807, 2.05) is 42.5 Å². The van der Waals surface area contributed by atoms with Crippen LogP contribution in [0.4, 0.5) is 11.6 Å². The predicted molar refractivity (Wildman–Crippen MR) is 93.6 cm³/mol. The van der Waals surface area contributed by atoms with Gasteiger partial charge in [0.05, 0.1) is 6.10 Å². The third-order valence-corrected chi connectivity index (χ3v) is 3.72. The van der Waals surface area contributed by atoms with Crippen molar-refractivity contribution in [3.63, 3.8) is 0 Å². The van der Waals surface area contributed by atoms with Crippen LogP contribution in [0.5, 0.6) is 0 Å². The first-order chi connectivity index (χ1) is 11.3. The molecule has 1 aromatic carbocycles. The van der Waals surface area contributed by atoms with E-state index in [4.69, 9.17) is 4.74 Å². The second kappa shape index (κ2) is 7.74. The SMILES string of the molecule is C=CCNc1cc(NCC2CCCO2)nc(-c2ccccc2)n1. The molecule has 2 N–H and O–H groups in total. The summed E-state index contributed by atoms with van der Waals surface area (Å²) < 4.78 is 5.65. The van der Waals surface area contributed by atoms with E-state index < -0.39 is 0 Å². The highest BCUT2D eigenvalue weighted by Gasteiger charge is 2.15. The molecule has 1 saturated heterocycles. The van der Waals surface area contributed by atoms with Crippen molar-refractivity contribution >= 4 is 11.6 Å². The Hall–Kier alpha value is -2.40. The summed E-state index contributed by atoms with van der Waals surface area (Å²) in [5.74, 6) is 2.30. The molecule has 23 heavy (non-hydrogen) atoms. The summed E-state index contributed by atoms with van der Waals surface area (Å²) in [7, 11) is 0. The monoisotopic (exact) mass is 310 g/mol. The van der Waals surface area contributed by atoms with Gasteiger partial charge in [-0.15, -0.1) is 6.58 Å². The van der Waals surface area contributed by atoms with E-state index in [0.29, 0.717) is 12.4 Å². The second-order valence-electron chi connectivity index (χ2n) is 5.51. The zero-order valence-corrected chi connectivity index (χ0v) is 13.2. The van der Waals surface area contributed by atoms with Gasteiger partial charge in [0.2, 0.25) is 0 Å². The van der Waals surface area contributed by atoms with E-state index in [9.17, 15) is 0 Å². The Kier molecular flexibility index (Phi) is 5.21. The lowest BCUT2D eigenvalue weighted by Crippen LogP contribution is -2.19. The molecule has 0 aliphatic carbocycles. The van der Waals surface area contributed by atoms with Crippen LogP contribution in [0.25, 0.3) is 11.4 Å². The number of ether oxygens (including phenoxy) is 1. The molecule has 1 unspecified atom stereocenters. The summed E-state index contributed by atoms with van der Waals surface area (Å²) in [4.78, 5) is 9.21. The van der Waals surface area contributed by atoms with Gasteiger partial charge in [-0.1, -0.05) is 36.4 Å². The van der Waals surface area contributed by atoms with Gasteiger partial charge in [-0.2, -0.15) is 0 Å². The number of benzene rings is 1. The molecule has 5 nitrogen and oxygen atoms in total. The first-order valence-electron chi connectivity index (χ1n) is 8.00. The summed E-state index contributed by atoms with van der Waals surface area (Å²) in [5.41, 5.74) is 0.995. The van der Waals surface area contributed by atoms with Crippen molar-refractivity contribution < 1.29 is 4.74 Å². The molecule has 120 valence electrons. The molecule has 0 radical (unpaired) electrons. The van der Waals surface area contributed by atoms with Crippen LogP contribution in [0.15, 0.2) is 49.1 Å².